The summed E-state index contributed by atoms with van der Waals surface area (Å²) in [5.74, 6) is 1.91. The van der Waals surface area contributed by atoms with Crippen molar-refractivity contribution in [1.82, 2.24) is 24.6 Å². The molecule has 0 atom stereocenters. The summed E-state index contributed by atoms with van der Waals surface area (Å²) in [5.41, 5.74) is 13.0. The van der Waals surface area contributed by atoms with Gasteiger partial charge < -0.3 is 26.3 Å². The molecule has 0 unspecified atom stereocenters. The van der Waals surface area contributed by atoms with E-state index < -0.39 is 0 Å². The fraction of sp³-hybridized carbons (Fsp3) is 0.375. The highest BCUT2D eigenvalue weighted by molar-refractivity contribution is 6.03. The minimum absolute atomic E-state index is 0.102. The Labute approximate surface area is 244 Å². The molecular formula is C32H37N9O. The van der Waals surface area contributed by atoms with E-state index in [1.165, 1.54) is 0 Å². The molecule has 7 rings (SSSR count). The predicted molar refractivity (Wildman–Crippen MR) is 167 cm³/mol. The molecule has 10 nitrogen and oxygen atoms in total. The molecule has 2 aliphatic rings. The molecule has 1 aliphatic heterocycles. The second kappa shape index (κ2) is 10.8. The first kappa shape index (κ1) is 26.5. The maximum atomic E-state index is 12.5. The molecule has 3 aromatic heterocycles. The first-order valence-electron chi connectivity index (χ1n) is 15.0. The van der Waals surface area contributed by atoms with Gasteiger partial charge in [0, 0.05) is 53.8 Å². The molecule has 1 aliphatic carbocycles. The van der Waals surface area contributed by atoms with Crippen LogP contribution >= 0.6 is 0 Å². The highest BCUT2D eigenvalue weighted by Crippen LogP contribution is 2.34. The molecule has 1 amide bonds. The van der Waals surface area contributed by atoms with Crippen LogP contribution in [0.1, 0.15) is 56.6 Å². The first-order chi connectivity index (χ1) is 20.4. The van der Waals surface area contributed by atoms with Crippen LogP contribution in [0, 0.1) is 5.92 Å². The molecule has 42 heavy (non-hydrogen) atoms. The number of fused-ring (bicyclic) bond motifs is 2. The Kier molecular flexibility index (Phi) is 6.78. The van der Waals surface area contributed by atoms with Crippen molar-refractivity contribution in [3.8, 4) is 11.3 Å². The Bertz CT molecular complexity index is 1760. The average molecular weight is 564 g/mol. The molecule has 2 fully saturated rings. The number of aromatic amines is 1. The van der Waals surface area contributed by atoms with Crippen LogP contribution in [0.25, 0.3) is 27.8 Å². The fourth-order valence-corrected chi connectivity index (χ4v) is 5.74. The third-order valence-electron chi connectivity index (χ3n) is 8.43. The summed E-state index contributed by atoms with van der Waals surface area (Å²) >= 11 is 0. The molecular weight excluding hydrogens is 526 g/mol. The largest absolute Gasteiger partial charge is 0.353 e. The molecule has 1 saturated carbocycles. The number of nitrogens with two attached hydrogens (primary N) is 1. The number of H-pyrrole nitrogens is 1. The normalized spacial score (nSPS) is 16.0. The number of anilines is 3. The van der Waals surface area contributed by atoms with Gasteiger partial charge in [-0.15, -0.1) is 0 Å². The Morgan fingerprint density at radius 3 is 2.67 bits per heavy atom. The minimum Gasteiger partial charge on any atom is -0.353 e. The van der Waals surface area contributed by atoms with Crippen LogP contribution in [0.2, 0.25) is 0 Å². The van der Waals surface area contributed by atoms with E-state index in [0.717, 1.165) is 83.4 Å². The SMILES string of the molecule is CC(C)c1cnn2c(NCc3ccccc3-c3cc4cccc(NC(=O)C5CC5)c4[nH]3)nc(N3CCC(N)CC3)nc12. The highest BCUT2D eigenvalue weighted by atomic mass is 16.2. The summed E-state index contributed by atoms with van der Waals surface area (Å²) in [6, 6.07) is 16.7. The van der Waals surface area contributed by atoms with Crippen molar-refractivity contribution in [1.29, 1.82) is 0 Å². The smallest absolute Gasteiger partial charge is 0.230 e. The maximum absolute atomic E-state index is 12.5. The van der Waals surface area contributed by atoms with Crippen molar-refractivity contribution in [2.75, 3.05) is 28.6 Å². The Balaban J connectivity index is 1.20. The van der Waals surface area contributed by atoms with Gasteiger partial charge in [0.05, 0.1) is 17.4 Å². The number of benzene rings is 2. The van der Waals surface area contributed by atoms with Crippen LogP contribution in [0.5, 0.6) is 0 Å². The van der Waals surface area contributed by atoms with E-state index >= 15 is 0 Å². The van der Waals surface area contributed by atoms with E-state index in [0.29, 0.717) is 18.4 Å². The molecule has 1 saturated heterocycles. The molecule has 5 N–H and O–H groups in total. The van der Waals surface area contributed by atoms with E-state index in [4.69, 9.17) is 15.7 Å². The van der Waals surface area contributed by atoms with Gasteiger partial charge in [0.15, 0.2) is 5.65 Å². The molecule has 0 bridgehead atoms. The van der Waals surface area contributed by atoms with Gasteiger partial charge in [-0.3, -0.25) is 4.79 Å². The Hall–Kier alpha value is -4.44. The Morgan fingerprint density at radius 1 is 1.07 bits per heavy atom. The van der Waals surface area contributed by atoms with E-state index in [-0.39, 0.29) is 23.8 Å². The molecule has 4 heterocycles. The van der Waals surface area contributed by atoms with Crippen molar-refractivity contribution in [3.63, 3.8) is 0 Å². The van der Waals surface area contributed by atoms with Gasteiger partial charge in [-0.1, -0.05) is 50.2 Å². The number of hydrogen-bond acceptors (Lipinski definition) is 7. The van der Waals surface area contributed by atoms with E-state index in [1.807, 2.05) is 35.0 Å². The summed E-state index contributed by atoms with van der Waals surface area (Å²) in [5, 5.41) is 12.4. The van der Waals surface area contributed by atoms with Crippen molar-refractivity contribution in [3.05, 3.63) is 65.9 Å². The summed E-state index contributed by atoms with van der Waals surface area (Å²) in [6.07, 6.45) is 5.70. The number of hydrogen-bond donors (Lipinski definition) is 4. The number of amides is 1. The van der Waals surface area contributed by atoms with Crippen LogP contribution in [0.15, 0.2) is 54.7 Å². The summed E-state index contributed by atoms with van der Waals surface area (Å²) in [4.78, 5) is 28.2. The van der Waals surface area contributed by atoms with Gasteiger partial charge in [-0.25, -0.2) is 0 Å². The fourth-order valence-electron chi connectivity index (χ4n) is 5.74. The number of nitrogens with zero attached hydrogens (tertiary/aromatic N) is 5. The molecule has 2 aromatic carbocycles. The quantitative estimate of drug-likeness (QED) is 0.202. The molecule has 5 aromatic rings. The zero-order valence-corrected chi connectivity index (χ0v) is 24.1. The molecule has 0 spiro atoms. The van der Waals surface area contributed by atoms with Gasteiger partial charge in [0.2, 0.25) is 17.8 Å². The highest BCUT2D eigenvalue weighted by Gasteiger charge is 2.30. The van der Waals surface area contributed by atoms with Gasteiger partial charge in [-0.05, 0) is 49.3 Å². The van der Waals surface area contributed by atoms with Gasteiger partial charge in [0.1, 0.15) is 0 Å². The predicted octanol–water partition coefficient (Wildman–Crippen LogP) is 5.28. The van der Waals surface area contributed by atoms with Crippen LogP contribution < -0.4 is 21.3 Å². The topological polar surface area (TPSA) is 129 Å². The van der Waals surface area contributed by atoms with Crippen LogP contribution in [-0.4, -0.2) is 49.6 Å². The standard InChI is InChI=1S/C32H37N9O/c1-19(2)25-18-35-41-29(25)38-32(40-14-12-23(33)13-15-40)39-31(41)34-17-22-6-3-4-8-24(22)27-16-21-7-5-9-26(28(21)36-27)37-30(42)20-10-11-20/h3-9,16,18-20,23,36H,10-15,17,33H2,1-2H3,(H,37,42)(H,34,38,39). The van der Waals surface area contributed by atoms with E-state index in [2.05, 4.69) is 63.7 Å². The minimum atomic E-state index is 0.102. The number of carbonyl (C=O) groups excluding carboxylic acids is 1. The van der Waals surface area contributed by atoms with Crippen LogP contribution in [0.4, 0.5) is 17.6 Å². The number of rotatable bonds is 8. The van der Waals surface area contributed by atoms with Gasteiger partial charge in [0.25, 0.3) is 0 Å². The van der Waals surface area contributed by atoms with Crippen molar-refractivity contribution in [2.24, 2.45) is 11.7 Å². The van der Waals surface area contributed by atoms with E-state index in [9.17, 15) is 4.79 Å². The number of aromatic nitrogens is 5. The average Bonchev–Trinajstić information content (AvgIpc) is 3.61. The summed E-state index contributed by atoms with van der Waals surface area (Å²) < 4.78 is 1.81. The van der Waals surface area contributed by atoms with Crippen LogP contribution in [0.3, 0.4) is 0 Å². The maximum Gasteiger partial charge on any atom is 0.230 e. The van der Waals surface area contributed by atoms with Crippen molar-refractivity contribution >= 4 is 40.0 Å². The lowest BCUT2D eigenvalue weighted by Gasteiger charge is -2.30. The third-order valence-corrected chi connectivity index (χ3v) is 8.43. The van der Waals surface area contributed by atoms with Crippen molar-refractivity contribution < 1.29 is 4.79 Å². The van der Waals surface area contributed by atoms with Gasteiger partial charge in [-0.2, -0.15) is 19.6 Å². The Morgan fingerprint density at radius 2 is 1.88 bits per heavy atom. The molecule has 10 heteroatoms. The lowest BCUT2D eigenvalue weighted by Crippen LogP contribution is -2.40. The zero-order valence-electron chi connectivity index (χ0n) is 24.1. The van der Waals surface area contributed by atoms with Crippen molar-refractivity contribution in [2.45, 2.75) is 58.0 Å². The zero-order chi connectivity index (χ0) is 28.8. The number of para-hydroxylation sites is 1. The first-order valence-corrected chi connectivity index (χ1v) is 15.0. The summed E-state index contributed by atoms with van der Waals surface area (Å²) in [7, 11) is 0. The monoisotopic (exact) mass is 563 g/mol. The van der Waals surface area contributed by atoms with Crippen LogP contribution in [-0.2, 0) is 11.3 Å². The second-order valence-corrected chi connectivity index (χ2v) is 11.9. The van der Waals surface area contributed by atoms with E-state index in [1.54, 1.807) is 0 Å². The third kappa shape index (κ3) is 5.07. The lowest BCUT2D eigenvalue weighted by atomic mass is 10.0. The molecule has 216 valence electrons. The lowest BCUT2D eigenvalue weighted by molar-refractivity contribution is -0.117. The number of piperidine rings is 1. The summed E-state index contributed by atoms with van der Waals surface area (Å²) in [6.45, 7) is 6.54. The van der Waals surface area contributed by atoms with Gasteiger partial charge >= 0.3 is 0 Å². The second-order valence-electron chi connectivity index (χ2n) is 11.9. The number of carbonyl (C=O) groups is 1. The molecule has 0 radical (unpaired) electrons. The number of nitrogens with one attached hydrogen (secondary N) is 3.